The summed E-state index contributed by atoms with van der Waals surface area (Å²) in [6.45, 7) is 0. The van der Waals surface area contributed by atoms with E-state index >= 15 is 0 Å². The van der Waals surface area contributed by atoms with E-state index < -0.39 is 0 Å². The molecule has 0 unspecified atom stereocenters. The van der Waals surface area contributed by atoms with Crippen LogP contribution in [-0.2, 0) is 0 Å². The first-order valence-electron chi connectivity index (χ1n) is 3.47. The van der Waals surface area contributed by atoms with Crippen molar-refractivity contribution in [2.75, 3.05) is 0 Å². The molecular formula is C7H11NSn. The Kier molecular flexibility index (Phi) is 2.40. The second kappa shape index (κ2) is 2.92. The standard InChI is InChI=1S/C7H10N.Sn.H/c8-6-7-4-2-1-3-5-7;;/h1-5H2;;. The summed E-state index contributed by atoms with van der Waals surface area (Å²) >= 11 is 1.13. The van der Waals surface area contributed by atoms with Crippen molar-refractivity contribution < 1.29 is 0 Å². The molecule has 0 aromatic carbocycles. The first-order chi connectivity index (χ1) is 4.27. The van der Waals surface area contributed by atoms with Gasteiger partial charge in [0.1, 0.15) is 0 Å². The van der Waals surface area contributed by atoms with Gasteiger partial charge in [0, 0.05) is 0 Å². The number of nitrogens with zero attached hydrogens (tertiary/aromatic N) is 1. The van der Waals surface area contributed by atoms with Crippen molar-refractivity contribution in [3.63, 3.8) is 0 Å². The molecule has 0 heterocycles. The van der Waals surface area contributed by atoms with Crippen LogP contribution in [0.3, 0.4) is 0 Å². The predicted octanol–water partition coefficient (Wildman–Crippen LogP) is 1.53. The van der Waals surface area contributed by atoms with Gasteiger partial charge in [-0.25, -0.2) is 0 Å². The third-order valence-electron chi connectivity index (χ3n) is 1.97. The zero-order valence-electron chi connectivity index (χ0n) is 5.56. The zero-order valence-corrected chi connectivity index (χ0v) is 8.86. The van der Waals surface area contributed by atoms with Gasteiger partial charge in [-0.2, -0.15) is 0 Å². The summed E-state index contributed by atoms with van der Waals surface area (Å²) in [5.74, 6) is 0. The van der Waals surface area contributed by atoms with E-state index in [-0.39, 0.29) is 3.43 Å². The first-order valence-corrected chi connectivity index (χ1v) is 5.12. The van der Waals surface area contributed by atoms with Crippen molar-refractivity contribution in [2.45, 2.75) is 35.5 Å². The van der Waals surface area contributed by atoms with Crippen LogP contribution in [0.15, 0.2) is 0 Å². The molecule has 0 aromatic heterocycles. The maximum absolute atomic E-state index is 8.73. The van der Waals surface area contributed by atoms with E-state index in [2.05, 4.69) is 6.07 Å². The molecule has 0 atom stereocenters. The molecule has 2 heteroatoms. The molecule has 1 aliphatic rings. The van der Waals surface area contributed by atoms with Gasteiger partial charge < -0.3 is 0 Å². The molecule has 0 bridgehead atoms. The molecule has 0 amide bonds. The summed E-state index contributed by atoms with van der Waals surface area (Å²) < 4.78 is 0.156. The van der Waals surface area contributed by atoms with Crippen LogP contribution in [0.5, 0.6) is 0 Å². The van der Waals surface area contributed by atoms with E-state index in [0.29, 0.717) is 0 Å². The molecule has 0 saturated heterocycles. The van der Waals surface area contributed by atoms with Gasteiger partial charge in [0.05, 0.1) is 0 Å². The molecule has 0 aromatic rings. The van der Waals surface area contributed by atoms with Crippen molar-refractivity contribution in [3.05, 3.63) is 0 Å². The molecule has 9 heavy (non-hydrogen) atoms. The third-order valence-corrected chi connectivity index (χ3v) is 3.98. The van der Waals surface area contributed by atoms with Crippen LogP contribution in [0.4, 0.5) is 0 Å². The van der Waals surface area contributed by atoms with E-state index in [1.807, 2.05) is 0 Å². The molecule has 1 saturated carbocycles. The van der Waals surface area contributed by atoms with Crippen LogP contribution in [0.2, 0.25) is 3.43 Å². The van der Waals surface area contributed by atoms with Crippen LogP contribution in [0, 0.1) is 11.3 Å². The van der Waals surface area contributed by atoms with Crippen LogP contribution < -0.4 is 0 Å². The van der Waals surface area contributed by atoms with Crippen LogP contribution in [0.1, 0.15) is 32.1 Å². The SMILES string of the molecule is N#C[C]1([SnH])CCCCC1. The Morgan fingerprint density at radius 3 is 2.11 bits per heavy atom. The Morgan fingerprint density at radius 2 is 1.78 bits per heavy atom. The van der Waals surface area contributed by atoms with Gasteiger partial charge in [-0.3, -0.25) is 0 Å². The fourth-order valence-corrected chi connectivity index (χ4v) is 2.46. The van der Waals surface area contributed by atoms with Crippen molar-refractivity contribution >= 4 is 22.5 Å². The van der Waals surface area contributed by atoms with E-state index in [1.165, 1.54) is 32.1 Å². The molecule has 0 aliphatic heterocycles. The summed E-state index contributed by atoms with van der Waals surface area (Å²) in [4.78, 5) is 0. The van der Waals surface area contributed by atoms with Crippen LogP contribution in [0.25, 0.3) is 0 Å². The Morgan fingerprint density at radius 1 is 1.22 bits per heavy atom. The summed E-state index contributed by atoms with van der Waals surface area (Å²) in [6.07, 6.45) is 6.27. The summed E-state index contributed by atoms with van der Waals surface area (Å²) in [7, 11) is 0. The van der Waals surface area contributed by atoms with Gasteiger partial charge in [-0.15, -0.1) is 0 Å². The maximum atomic E-state index is 8.73. The summed E-state index contributed by atoms with van der Waals surface area (Å²) in [6, 6.07) is 2.44. The van der Waals surface area contributed by atoms with Crippen molar-refractivity contribution in [2.24, 2.45) is 0 Å². The predicted molar refractivity (Wildman–Crippen MR) is 38.5 cm³/mol. The average molecular weight is 228 g/mol. The minimum absolute atomic E-state index is 0.156. The number of rotatable bonds is 0. The second-order valence-corrected chi connectivity index (χ2v) is 5.98. The molecule has 0 spiro atoms. The molecule has 2 radical (unpaired) electrons. The van der Waals surface area contributed by atoms with Crippen molar-refractivity contribution in [3.8, 4) is 6.07 Å². The molecule has 1 nitrogen and oxygen atoms in total. The normalized spacial score (nSPS) is 24.9. The van der Waals surface area contributed by atoms with E-state index in [1.54, 1.807) is 0 Å². The van der Waals surface area contributed by atoms with Crippen LogP contribution in [-0.4, -0.2) is 22.5 Å². The molecule has 1 aliphatic carbocycles. The molecule has 0 N–H and O–H groups in total. The minimum atomic E-state index is 0.156. The first kappa shape index (κ1) is 7.40. The Bertz CT molecular complexity index is 130. The second-order valence-electron chi connectivity index (χ2n) is 2.83. The summed E-state index contributed by atoms with van der Waals surface area (Å²) in [5.41, 5.74) is 0. The Labute approximate surface area is 69.5 Å². The topological polar surface area (TPSA) is 23.8 Å². The van der Waals surface area contributed by atoms with Gasteiger partial charge in [-0.05, 0) is 0 Å². The quantitative estimate of drug-likeness (QED) is 0.576. The molecule has 1 fully saturated rings. The van der Waals surface area contributed by atoms with Gasteiger partial charge in [-0.1, -0.05) is 0 Å². The van der Waals surface area contributed by atoms with Gasteiger partial charge in [0.25, 0.3) is 0 Å². The Balaban J connectivity index is 2.49. The van der Waals surface area contributed by atoms with Crippen LogP contribution >= 0.6 is 0 Å². The van der Waals surface area contributed by atoms with Gasteiger partial charge in [0.15, 0.2) is 0 Å². The molecule has 48 valence electrons. The fourth-order valence-electron chi connectivity index (χ4n) is 1.29. The monoisotopic (exact) mass is 229 g/mol. The molecular weight excluding hydrogens is 217 g/mol. The number of hydrogen-bond acceptors (Lipinski definition) is 1. The van der Waals surface area contributed by atoms with E-state index in [9.17, 15) is 0 Å². The van der Waals surface area contributed by atoms with Gasteiger partial charge >= 0.3 is 69.4 Å². The number of nitriles is 1. The average Bonchev–Trinajstić information content (AvgIpc) is 1.90. The Hall–Kier alpha value is 0.289. The van der Waals surface area contributed by atoms with Crippen molar-refractivity contribution in [1.82, 2.24) is 0 Å². The van der Waals surface area contributed by atoms with E-state index in [0.717, 1.165) is 22.5 Å². The number of hydrogen-bond donors (Lipinski definition) is 0. The van der Waals surface area contributed by atoms with Crippen molar-refractivity contribution in [1.29, 1.82) is 5.26 Å². The summed E-state index contributed by atoms with van der Waals surface area (Å²) in [5, 5.41) is 8.73. The third kappa shape index (κ3) is 1.86. The molecule has 1 rings (SSSR count). The van der Waals surface area contributed by atoms with Gasteiger partial charge in [0.2, 0.25) is 0 Å². The van der Waals surface area contributed by atoms with E-state index in [4.69, 9.17) is 5.26 Å². The fraction of sp³-hybridized carbons (Fsp3) is 0.857. The zero-order chi connectivity index (χ0) is 6.74.